The van der Waals surface area contributed by atoms with Crippen LogP contribution in [0.3, 0.4) is 0 Å². The number of piperidine rings is 1. The lowest BCUT2D eigenvalue weighted by molar-refractivity contribution is 0.100. The number of nitrogens with two attached hydrogens (primary N) is 1. The predicted octanol–water partition coefficient (Wildman–Crippen LogP) is 1.56. The second-order valence-electron chi connectivity index (χ2n) is 7.80. The van der Waals surface area contributed by atoms with Gasteiger partial charge in [0.25, 0.3) is 5.91 Å². The molecule has 5 heterocycles. The molecule has 9 nitrogen and oxygen atoms in total. The van der Waals surface area contributed by atoms with E-state index in [1.807, 2.05) is 24.4 Å². The van der Waals surface area contributed by atoms with E-state index in [2.05, 4.69) is 30.4 Å². The molecule has 0 radical (unpaired) electrons. The summed E-state index contributed by atoms with van der Waals surface area (Å²) in [7, 11) is 0. The highest BCUT2D eigenvalue weighted by molar-refractivity contribution is 6.06. The Morgan fingerprint density at radius 2 is 2.03 bits per heavy atom. The second-order valence-corrected chi connectivity index (χ2v) is 7.80. The Morgan fingerprint density at radius 1 is 1.24 bits per heavy atom. The number of aliphatic hydroxyl groups excluding tert-OH is 1. The first kappa shape index (κ1) is 17.9. The standard InChI is InChI=1S/C20H23N7O2/c21-19(29)16-9-23-20-15(5-6-22-20)18(16)24-12-7-13-2-3-14(8-12)27(13)17-4-1-11(10-28)25-26-17/h1,4-6,9,12-14,28H,2-3,7-8,10H2,(H2,21,29)(H2,22,23,24)/t12?,13-,14+. The fourth-order valence-corrected chi connectivity index (χ4v) is 4.80. The molecule has 0 aromatic carbocycles. The van der Waals surface area contributed by atoms with Crippen LogP contribution in [-0.2, 0) is 6.61 Å². The zero-order chi connectivity index (χ0) is 20.0. The summed E-state index contributed by atoms with van der Waals surface area (Å²) in [6.07, 6.45) is 7.43. The number of anilines is 2. The number of nitrogens with zero attached hydrogens (tertiary/aromatic N) is 4. The van der Waals surface area contributed by atoms with Gasteiger partial charge in [-0.15, -0.1) is 5.10 Å². The van der Waals surface area contributed by atoms with Crippen LogP contribution in [-0.4, -0.2) is 49.3 Å². The zero-order valence-electron chi connectivity index (χ0n) is 15.9. The molecule has 3 aromatic heterocycles. The maximum absolute atomic E-state index is 12.0. The van der Waals surface area contributed by atoms with E-state index in [0.717, 1.165) is 48.2 Å². The Labute approximate surface area is 167 Å². The van der Waals surface area contributed by atoms with Gasteiger partial charge >= 0.3 is 0 Å². The minimum absolute atomic E-state index is 0.103. The topological polar surface area (TPSA) is 133 Å². The molecule has 1 unspecified atom stereocenters. The largest absolute Gasteiger partial charge is 0.390 e. The van der Waals surface area contributed by atoms with E-state index in [-0.39, 0.29) is 12.6 Å². The van der Waals surface area contributed by atoms with Gasteiger partial charge in [-0.25, -0.2) is 4.98 Å². The van der Waals surface area contributed by atoms with Crippen molar-refractivity contribution in [3.63, 3.8) is 0 Å². The lowest BCUT2D eigenvalue weighted by Crippen LogP contribution is -2.47. The molecule has 5 N–H and O–H groups in total. The molecule has 3 atom stereocenters. The Balaban J connectivity index is 1.39. The number of primary amides is 1. The Kier molecular flexibility index (Phi) is 4.31. The van der Waals surface area contributed by atoms with Gasteiger partial charge in [-0.1, -0.05) is 0 Å². The zero-order valence-corrected chi connectivity index (χ0v) is 15.9. The summed E-state index contributed by atoms with van der Waals surface area (Å²) in [5.74, 6) is 0.380. The van der Waals surface area contributed by atoms with Crippen molar-refractivity contribution in [1.82, 2.24) is 20.2 Å². The van der Waals surface area contributed by atoms with Crippen molar-refractivity contribution in [2.75, 3.05) is 10.2 Å². The molecular weight excluding hydrogens is 370 g/mol. The van der Waals surface area contributed by atoms with E-state index in [4.69, 9.17) is 5.73 Å². The van der Waals surface area contributed by atoms with Crippen LogP contribution in [0.4, 0.5) is 11.5 Å². The van der Waals surface area contributed by atoms with Crippen molar-refractivity contribution in [3.8, 4) is 0 Å². The smallest absolute Gasteiger partial charge is 0.252 e. The van der Waals surface area contributed by atoms with Crippen molar-refractivity contribution < 1.29 is 9.90 Å². The van der Waals surface area contributed by atoms with Gasteiger partial charge in [0.1, 0.15) is 5.65 Å². The van der Waals surface area contributed by atoms with Crippen LogP contribution >= 0.6 is 0 Å². The minimum Gasteiger partial charge on any atom is -0.390 e. The molecule has 29 heavy (non-hydrogen) atoms. The number of hydrogen-bond acceptors (Lipinski definition) is 7. The van der Waals surface area contributed by atoms with Crippen LogP contribution in [0.1, 0.15) is 41.7 Å². The van der Waals surface area contributed by atoms with E-state index in [1.165, 1.54) is 6.20 Å². The van der Waals surface area contributed by atoms with Crippen molar-refractivity contribution in [3.05, 3.63) is 41.9 Å². The highest BCUT2D eigenvalue weighted by atomic mass is 16.3. The first-order chi connectivity index (χ1) is 14.1. The molecule has 0 saturated carbocycles. The van der Waals surface area contributed by atoms with Crippen LogP contribution < -0.4 is 16.0 Å². The van der Waals surface area contributed by atoms with E-state index < -0.39 is 5.91 Å². The first-order valence-electron chi connectivity index (χ1n) is 9.88. The molecule has 0 spiro atoms. The number of amides is 1. The summed E-state index contributed by atoms with van der Waals surface area (Å²) in [6.45, 7) is -0.103. The Morgan fingerprint density at radius 3 is 2.69 bits per heavy atom. The molecule has 2 fully saturated rings. The molecule has 5 rings (SSSR count). The molecule has 0 aliphatic carbocycles. The molecule has 2 aliphatic rings. The van der Waals surface area contributed by atoms with E-state index in [9.17, 15) is 9.90 Å². The average molecular weight is 393 g/mol. The summed E-state index contributed by atoms with van der Waals surface area (Å²) in [4.78, 5) is 21.7. The molecule has 3 aromatic rings. The van der Waals surface area contributed by atoms with E-state index in [1.54, 1.807) is 0 Å². The number of aromatic nitrogens is 4. The summed E-state index contributed by atoms with van der Waals surface area (Å²) in [5.41, 5.74) is 8.08. The third-order valence-corrected chi connectivity index (χ3v) is 6.07. The average Bonchev–Trinajstić information content (AvgIpc) is 3.31. The van der Waals surface area contributed by atoms with Gasteiger partial charge in [-0.3, -0.25) is 4.79 Å². The fraction of sp³-hybridized carbons (Fsp3) is 0.400. The lowest BCUT2D eigenvalue weighted by Gasteiger charge is -2.40. The number of pyridine rings is 1. The number of fused-ring (bicyclic) bond motifs is 3. The third-order valence-electron chi connectivity index (χ3n) is 6.07. The monoisotopic (exact) mass is 393 g/mol. The van der Waals surface area contributed by atoms with Crippen LogP contribution in [0.25, 0.3) is 11.0 Å². The number of aliphatic hydroxyl groups is 1. The number of rotatable bonds is 5. The summed E-state index contributed by atoms with van der Waals surface area (Å²) < 4.78 is 0. The number of aromatic amines is 1. The van der Waals surface area contributed by atoms with Crippen molar-refractivity contribution in [1.29, 1.82) is 0 Å². The normalized spacial score (nSPS) is 23.5. The number of hydrogen-bond donors (Lipinski definition) is 4. The molecular formula is C20H23N7O2. The van der Waals surface area contributed by atoms with Gasteiger partial charge in [0, 0.05) is 35.9 Å². The van der Waals surface area contributed by atoms with Gasteiger partial charge < -0.3 is 26.0 Å². The molecule has 1 amide bonds. The van der Waals surface area contributed by atoms with Crippen molar-refractivity contribution >= 4 is 28.4 Å². The maximum Gasteiger partial charge on any atom is 0.252 e. The van der Waals surface area contributed by atoms with Gasteiger partial charge in [0.15, 0.2) is 5.82 Å². The van der Waals surface area contributed by atoms with Gasteiger partial charge in [-0.2, -0.15) is 5.10 Å². The first-order valence-corrected chi connectivity index (χ1v) is 9.88. The second kappa shape index (κ2) is 7.00. The molecule has 150 valence electrons. The number of H-pyrrole nitrogens is 1. The van der Waals surface area contributed by atoms with Crippen LogP contribution in [0, 0.1) is 0 Å². The number of carbonyl (C=O) groups excluding carboxylic acids is 1. The van der Waals surface area contributed by atoms with Crippen LogP contribution in [0.2, 0.25) is 0 Å². The van der Waals surface area contributed by atoms with Gasteiger partial charge in [0.2, 0.25) is 0 Å². The van der Waals surface area contributed by atoms with Crippen molar-refractivity contribution in [2.45, 2.75) is 50.4 Å². The predicted molar refractivity (Wildman–Crippen MR) is 109 cm³/mol. The number of carbonyl (C=O) groups is 1. The highest BCUT2D eigenvalue weighted by Gasteiger charge is 2.41. The molecule has 9 heteroatoms. The summed E-state index contributed by atoms with van der Waals surface area (Å²) in [5, 5.41) is 22.1. The maximum atomic E-state index is 12.0. The van der Waals surface area contributed by atoms with E-state index >= 15 is 0 Å². The van der Waals surface area contributed by atoms with Gasteiger partial charge in [0.05, 0.1) is 23.6 Å². The summed E-state index contributed by atoms with van der Waals surface area (Å²) >= 11 is 0. The van der Waals surface area contributed by atoms with Crippen LogP contribution in [0.5, 0.6) is 0 Å². The van der Waals surface area contributed by atoms with Crippen LogP contribution in [0.15, 0.2) is 30.6 Å². The third kappa shape index (κ3) is 3.07. The lowest BCUT2D eigenvalue weighted by atomic mass is 9.96. The molecule has 2 bridgehead atoms. The molecule has 2 saturated heterocycles. The molecule has 2 aliphatic heterocycles. The summed E-state index contributed by atoms with van der Waals surface area (Å²) in [6, 6.07) is 6.63. The fourth-order valence-electron chi connectivity index (χ4n) is 4.80. The quantitative estimate of drug-likeness (QED) is 0.517. The Hall–Kier alpha value is -3.20. The van der Waals surface area contributed by atoms with E-state index in [0.29, 0.717) is 23.3 Å². The SMILES string of the molecule is NC(=O)c1cnc2[nH]ccc2c1NC1C[C@H]2CC[C@@H](C1)N2c1ccc(CO)nn1. The highest BCUT2D eigenvalue weighted by Crippen LogP contribution is 2.40. The minimum atomic E-state index is -0.484. The van der Waals surface area contributed by atoms with Gasteiger partial charge in [-0.05, 0) is 43.9 Å². The number of nitrogens with one attached hydrogen (secondary N) is 2. The Bertz CT molecular complexity index is 1030. The van der Waals surface area contributed by atoms with Crippen molar-refractivity contribution in [2.24, 2.45) is 5.73 Å².